The van der Waals surface area contributed by atoms with E-state index in [1.54, 1.807) is 6.92 Å². The molecule has 0 bridgehead atoms. The van der Waals surface area contributed by atoms with Gasteiger partial charge in [0.25, 0.3) is 5.56 Å². The highest BCUT2D eigenvalue weighted by molar-refractivity contribution is 5.67. The van der Waals surface area contributed by atoms with Gasteiger partial charge in [-0.05, 0) is 26.2 Å². The Morgan fingerprint density at radius 1 is 1.27 bits per heavy atom. The second-order valence-electron chi connectivity index (χ2n) is 5.81. The summed E-state index contributed by atoms with van der Waals surface area (Å²) in [4.78, 5) is 34.1. The van der Waals surface area contributed by atoms with Crippen LogP contribution in [0.5, 0.6) is 0 Å². The summed E-state index contributed by atoms with van der Waals surface area (Å²) in [7, 11) is 0. The molecule has 0 amide bonds. The van der Waals surface area contributed by atoms with Gasteiger partial charge >= 0.3 is 5.69 Å². The number of rotatable bonds is 8. The Bertz CT molecular complexity index is 713. The minimum absolute atomic E-state index is 0.122. The molecule has 2 heterocycles. The molecule has 22 heavy (non-hydrogen) atoms. The highest BCUT2D eigenvalue weighted by Gasteiger charge is 2.17. The largest absolute Gasteiger partial charge is 0.393 e. The average Bonchev–Trinajstić information content (AvgIpc) is 2.91. The summed E-state index contributed by atoms with van der Waals surface area (Å²) in [6.45, 7) is 3.81. The van der Waals surface area contributed by atoms with Crippen molar-refractivity contribution in [2.24, 2.45) is 0 Å². The number of aromatic nitrogens is 4. The number of aliphatic hydroxyl groups is 1. The van der Waals surface area contributed by atoms with Gasteiger partial charge < -0.3 is 10.1 Å². The topological polar surface area (TPSA) is 104 Å². The monoisotopic (exact) mass is 308 g/mol. The van der Waals surface area contributed by atoms with Crippen molar-refractivity contribution in [1.82, 2.24) is 19.5 Å². The number of hydrogen-bond donors (Lipinski definition) is 3. The maximum absolute atomic E-state index is 12.5. The molecular formula is C15H24N4O3. The van der Waals surface area contributed by atoms with E-state index >= 15 is 0 Å². The first-order valence-electron chi connectivity index (χ1n) is 7.90. The van der Waals surface area contributed by atoms with E-state index in [1.807, 2.05) is 6.92 Å². The van der Waals surface area contributed by atoms with Crippen molar-refractivity contribution in [2.45, 2.75) is 64.5 Å². The standard InChI is InChI=1S/C15H24N4O3/c1-3-6-11(8-5-4-7-10(2)20)19-14(21)12-13(17-9-16-12)18-15(19)22/h9-11,20H,3-8H2,1-2H3,(H,16,17)(H,18,22). The molecule has 0 saturated carbocycles. The van der Waals surface area contributed by atoms with Gasteiger partial charge in [-0.15, -0.1) is 0 Å². The fraction of sp³-hybridized carbons (Fsp3) is 0.667. The summed E-state index contributed by atoms with van der Waals surface area (Å²) in [6.07, 6.45) is 6.03. The van der Waals surface area contributed by atoms with Crippen LogP contribution in [-0.4, -0.2) is 30.7 Å². The van der Waals surface area contributed by atoms with E-state index in [0.29, 0.717) is 11.2 Å². The average molecular weight is 308 g/mol. The first-order chi connectivity index (χ1) is 10.5. The third kappa shape index (κ3) is 3.65. The summed E-state index contributed by atoms with van der Waals surface area (Å²) in [5.41, 5.74) is -0.0795. The molecule has 7 heteroatoms. The molecule has 122 valence electrons. The van der Waals surface area contributed by atoms with Crippen LogP contribution in [0.25, 0.3) is 11.2 Å². The van der Waals surface area contributed by atoms with E-state index in [-0.39, 0.29) is 17.7 Å². The highest BCUT2D eigenvalue weighted by Crippen LogP contribution is 2.19. The molecule has 0 fully saturated rings. The van der Waals surface area contributed by atoms with E-state index < -0.39 is 5.69 Å². The molecule has 0 aromatic carbocycles. The van der Waals surface area contributed by atoms with Crippen LogP contribution in [-0.2, 0) is 0 Å². The molecule has 0 aliphatic rings. The number of H-pyrrole nitrogens is 2. The predicted octanol–water partition coefficient (Wildman–Crippen LogP) is 1.70. The fourth-order valence-electron chi connectivity index (χ4n) is 2.81. The molecule has 7 nitrogen and oxygen atoms in total. The van der Waals surface area contributed by atoms with Crippen LogP contribution in [0.1, 0.15) is 58.4 Å². The molecule has 2 rings (SSSR count). The maximum atomic E-state index is 12.5. The lowest BCUT2D eigenvalue weighted by Crippen LogP contribution is -2.38. The third-order valence-corrected chi connectivity index (χ3v) is 3.91. The SMILES string of the molecule is CCCC(CCCCC(C)O)n1c(=O)[nH]c2nc[nH]c2c1=O. The molecule has 2 aromatic heterocycles. The summed E-state index contributed by atoms with van der Waals surface area (Å²) in [6, 6.07) is -0.122. The Kier molecular flexibility index (Phi) is 5.54. The minimum Gasteiger partial charge on any atom is -0.393 e. The zero-order valence-electron chi connectivity index (χ0n) is 13.1. The van der Waals surface area contributed by atoms with Gasteiger partial charge in [0.15, 0.2) is 5.65 Å². The summed E-state index contributed by atoms with van der Waals surface area (Å²) < 4.78 is 1.31. The third-order valence-electron chi connectivity index (χ3n) is 3.91. The molecule has 3 N–H and O–H groups in total. The first kappa shape index (κ1) is 16.5. The normalized spacial score (nSPS) is 14.3. The van der Waals surface area contributed by atoms with Gasteiger partial charge in [0.05, 0.1) is 12.4 Å². The van der Waals surface area contributed by atoms with E-state index in [4.69, 9.17) is 0 Å². The first-order valence-corrected chi connectivity index (χ1v) is 7.90. The Labute approximate surface area is 128 Å². The predicted molar refractivity (Wildman–Crippen MR) is 85.1 cm³/mol. The number of aliphatic hydroxyl groups excluding tert-OH is 1. The van der Waals surface area contributed by atoms with Crippen molar-refractivity contribution in [3.63, 3.8) is 0 Å². The van der Waals surface area contributed by atoms with Gasteiger partial charge in [-0.3, -0.25) is 14.3 Å². The maximum Gasteiger partial charge on any atom is 0.330 e. The Balaban J connectivity index is 2.24. The van der Waals surface area contributed by atoms with E-state index in [1.165, 1.54) is 10.9 Å². The van der Waals surface area contributed by atoms with Gasteiger partial charge in [-0.25, -0.2) is 9.78 Å². The van der Waals surface area contributed by atoms with E-state index in [2.05, 4.69) is 15.0 Å². The molecule has 0 saturated heterocycles. The smallest absolute Gasteiger partial charge is 0.330 e. The number of fused-ring (bicyclic) bond motifs is 1. The number of hydrogen-bond acceptors (Lipinski definition) is 4. The summed E-state index contributed by atoms with van der Waals surface area (Å²) in [5.74, 6) is 0. The number of nitrogens with zero attached hydrogens (tertiary/aromatic N) is 2. The van der Waals surface area contributed by atoms with Crippen molar-refractivity contribution >= 4 is 11.2 Å². The lowest BCUT2D eigenvalue weighted by molar-refractivity contribution is 0.179. The number of unbranched alkanes of at least 4 members (excludes halogenated alkanes) is 1. The Morgan fingerprint density at radius 3 is 2.68 bits per heavy atom. The van der Waals surface area contributed by atoms with Gasteiger partial charge in [0, 0.05) is 6.04 Å². The fourth-order valence-corrected chi connectivity index (χ4v) is 2.81. The van der Waals surface area contributed by atoms with Crippen molar-refractivity contribution in [3.05, 3.63) is 27.2 Å². The van der Waals surface area contributed by atoms with Crippen LogP contribution >= 0.6 is 0 Å². The van der Waals surface area contributed by atoms with Crippen molar-refractivity contribution in [1.29, 1.82) is 0 Å². The second-order valence-corrected chi connectivity index (χ2v) is 5.81. The lowest BCUT2D eigenvalue weighted by Gasteiger charge is -2.18. The molecule has 0 spiro atoms. The Hall–Kier alpha value is -1.89. The van der Waals surface area contributed by atoms with Gasteiger partial charge in [0.1, 0.15) is 5.52 Å². The number of nitrogens with one attached hydrogen (secondary N) is 2. The van der Waals surface area contributed by atoms with Crippen LogP contribution in [0.2, 0.25) is 0 Å². The number of imidazole rings is 1. The van der Waals surface area contributed by atoms with Crippen molar-refractivity contribution in [2.75, 3.05) is 0 Å². The van der Waals surface area contributed by atoms with Crippen LogP contribution in [0, 0.1) is 0 Å². The lowest BCUT2D eigenvalue weighted by atomic mass is 10.0. The van der Waals surface area contributed by atoms with Crippen LogP contribution in [0.15, 0.2) is 15.9 Å². The van der Waals surface area contributed by atoms with E-state index in [9.17, 15) is 14.7 Å². The van der Waals surface area contributed by atoms with Crippen molar-refractivity contribution in [3.8, 4) is 0 Å². The van der Waals surface area contributed by atoms with Gasteiger partial charge in [-0.2, -0.15) is 0 Å². The second kappa shape index (κ2) is 7.40. The molecule has 2 aromatic rings. The highest BCUT2D eigenvalue weighted by atomic mass is 16.3. The molecule has 0 aliphatic carbocycles. The zero-order chi connectivity index (χ0) is 16.1. The molecular weight excluding hydrogens is 284 g/mol. The summed E-state index contributed by atoms with van der Waals surface area (Å²) in [5, 5.41) is 9.30. The summed E-state index contributed by atoms with van der Waals surface area (Å²) >= 11 is 0. The quantitative estimate of drug-likeness (QED) is 0.646. The minimum atomic E-state index is -0.404. The zero-order valence-corrected chi connectivity index (χ0v) is 13.1. The molecule has 0 radical (unpaired) electrons. The number of aromatic amines is 2. The van der Waals surface area contributed by atoms with Crippen LogP contribution in [0.3, 0.4) is 0 Å². The molecule has 2 unspecified atom stereocenters. The molecule has 2 atom stereocenters. The van der Waals surface area contributed by atoms with E-state index in [0.717, 1.165) is 38.5 Å². The van der Waals surface area contributed by atoms with Gasteiger partial charge in [-0.1, -0.05) is 26.2 Å². The van der Waals surface area contributed by atoms with Gasteiger partial charge in [0.2, 0.25) is 0 Å². The van der Waals surface area contributed by atoms with Crippen molar-refractivity contribution < 1.29 is 5.11 Å². The Morgan fingerprint density at radius 2 is 2.00 bits per heavy atom. The van der Waals surface area contributed by atoms with Crippen LogP contribution in [0.4, 0.5) is 0 Å². The molecule has 0 aliphatic heterocycles. The van der Waals surface area contributed by atoms with Crippen LogP contribution < -0.4 is 11.2 Å².